The number of hydrogen-bond acceptors (Lipinski definition) is 3. The highest BCUT2D eigenvalue weighted by molar-refractivity contribution is 6.30. The van der Waals surface area contributed by atoms with Crippen molar-refractivity contribution in [2.45, 2.75) is 19.4 Å². The number of ether oxygens (including phenoxy) is 1. The third-order valence-electron chi connectivity index (χ3n) is 4.87. The van der Waals surface area contributed by atoms with Gasteiger partial charge >= 0.3 is 0 Å². The van der Waals surface area contributed by atoms with E-state index in [-0.39, 0.29) is 17.7 Å². The molecular weight excluding hydrogens is 364 g/mol. The van der Waals surface area contributed by atoms with E-state index in [9.17, 15) is 9.59 Å². The number of amides is 2. The first-order chi connectivity index (χ1) is 13.1. The Bertz CT molecular complexity index is 782. The molecule has 0 radical (unpaired) electrons. The maximum absolute atomic E-state index is 12.5. The van der Waals surface area contributed by atoms with Gasteiger partial charge in [-0.2, -0.15) is 0 Å². The monoisotopic (exact) mass is 386 g/mol. The SMILES string of the molecule is COc1ccc(CNC(=O)C2CCN(C(=O)c3ccc(Cl)cc3)CC2)cc1. The van der Waals surface area contributed by atoms with Crippen molar-refractivity contribution in [1.82, 2.24) is 10.2 Å². The maximum atomic E-state index is 12.5. The summed E-state index contributed by atoms with van der Waals surface area (Å²) in [6, 6.07) is 14.5. The van der Waals surface area contributed by atoms with Gasteiger partial charge in [-0.3, -0.25) is 9.59 Å². The van der Waals surface area contributed by atoms with Crippen molar-refractivity contribution < 1.29 is 14.3 Å². The fourth-order valence-electron chi connectivity index (χ4n) is 3.20. The number of hydrogen-bond donors (Lipinski definition) is 1. The smallest absolute Gasteiger partial charge is 0.253 e. The lowest BCUT2D eigenvalue weighted by atomic mass is 9.95. The summed E-state index contributed by atoms with van der Waals surface area (Å²) in [4.78, 5) is 26.7. The molecule has 0 unspecified atom stereocenters. The normalized spacial score (nSPS) is 14.7. The van der Waals surface area contributed by atoms with E-state index in [2.05, 4.69) is 5.32 Å². The molecule has 1 heterocycles. The van der Waals surface area contributed by atoms with Crippen LogP contribution in [0.5, 0.6) is 5.75 Å². The standard InChI is InChI=1S/C21H23ClN2O3/c1-27-19-8-2-15(3-9-19)14-23-20(25)16-10-12-24(13-11-16)21(26)17-4-6-18(22)7-5-17/h2-9,16H,10-14H2,1H3,(H,23,25). The number of likely N-dealkylation sites (tertiary alicyclic amines) is 1. The minimum absolute atomic E-state index is 0.0104. The van der Waals surface area contributed by atoms with Gasteiger partial charge < -0.3 is 15.0 Å². The molecule has 1 aliphatic heterocycles. The largest absolute Gasteiger partial charge is 0.497 e. The van der Waals surface area contributed by atoms with Crippen LogP contribution in [-0.4, -0.2) is 36.9 Å². The van der Waals surface area contributed by atoms with Gasteiger partial charge in [-0.25, -0.2) is 0 Å². The summed E-state index contributed by atoms with van der Waals surface area (Å²) in [6.07, 6.45) is 1.35. The number of piperidine rings is 1. The average molecular weight is 387 g/mol. The summed E-state index contributed by atoms with van der Waals surface area (Å²) in [5.74, 6) is 0.772. The number of methoxy groups -OCH3 is 1. The molecule has 1 aliphatic rings. The molecule has 2 aromatic carbocycles. The predicted octanol–water partition coefficient (Wildman–Crippen LogP) is 3.52. The second kappa shape index (κ2) is 8.91. The van der Waals surface area contributed by atoms with Gasteiger partial charge in [0.05, 0.1) is 7.11 Å². The number of carbonyl (C=O) groups excluding carboxylic acids is 2. The summed E-state index contributed by atoms with van der Waals surface area (Å²) >= 11 is 5.87. The van der Waals surface area contributed by atoms with Crippen molar-refractivity contribution in [3.63, 3.8) is 0 Å². The third kappa shape index (κ3) is 5.01. The van der Waals surface area contributed by atoms with Gasteiger partial charge in [0.2, 0.25) is 5.91 Å². The van der Waals surface area contributed by atoms with Crippen LogP contribution < -0.4 is 10.1 Å². The van der Waals surface area contributed by atoms with E-state index >= 15 is 0 Å². The lowest BCUT2D eigenvalue weighted by Gasteiger charge is -2.31. The predicted molar refractivity (Wildman–Crippen MR) is 105 cm³/mol. The Morgan fingerprint density at radius 1 is 1.07 bits per heavy atom. The van der Waals surface area contributed by atoms with E-state index < -0.39 is 0 Å². The second-order valence-electron chi connectivity index (χ2n) is 6.64. The van der Waals surface area contributed by atoms with Gasteiger partial charge in [-0.15, -0.1) is 0 Å². The first-order valence-corrected chi connectivity index (χ1v) is 9.40. The zero-order valence-electron chi connectivity index (χ0n) is 15.3. The molecule has 0 aromatic heterocycles. The van der Waals surface area contributed by atoms with Crippen molar-refractivity contribution in [2.24, 2.45) is 5.92 Å². The van der Waals surface area contributed by atoms with E-state index in [1.54, 1.807) is 36.3 Å². The summed E-state index contributed by atoms with van der Waals surface area (Å²) in [7, 11) is 1.63. The van der Waals surface area contributed by atoms with Crippen LogP contribution in [0.15, 0.2) is 48.5 Å². The van der Waals surface area contributed by atoms with Crippen LogP contribution >= 0.6 is 11.6 Å². The Kier molecular flexibility index (Phi) is 6.35. The second-order valence-corrected chi connectivity index (χ2v) is 7.08. The van der Waals surface area contributed by atoms with Crippen molar-refractivity contribution in [2.75, 3.05) is 20.2 Å². The lowest BCUT2D eigenvalue weighted by molar-refractivity contribution is -0.126. The Morgan fingerprint density at radius 3 is 2.30 bits per heavy atom. The molecule has 0 saturated carbocycles. The van der Waals surface area contributed by atoms with Crippen molar-refractivity contribution in [3.8, 4) is 5.75 Å². The van der Waals surface area contributed by atoms with E-state index in [1.165, 1.54) is 0 Å². The van der Waals surface area contributed by atoms with Crippen molar-refractivity contribution in [3.05, 3.63) is 64.7 Å². The highest BCUT2D eigenvalue weighted by atomic mass is 35.5. The van der Waals surface area contributed by atoms with Crippen LogP contribution in [0.1, 0.15) is 28.8 Å². The summed E-state index contributed by atoms with van der Waals surface area (Å²) in [6.45, 7) is 1.66. The first-order valence-electron chi connectivity index (χ1n) is 9.02. The van der Waals surface area contributed by atoms with Gasteiger partial charge in [0, 0.05) is 36.1 Å². The number of rotatable bonds is 5. The zero-order valence-corrected chi connectivity index (χ0v) is 16.0. The number of carbonyl (C=O) groups is 2. The molecule has 5 nitrogen and oxygen atoms in total. The molecule has 0 atom stereocenters. The van der Waals surface area contributed by atoms with E-state index in [4.69, 9.17) is 16.3 Å². The van der Waals surface area contributed by atoms with Gasteiger partial charge in [0.25, 0.3) is 5.91 Å². The van der Waals surface area contributed by atoms with Crippen LogP contribution in [0.2, 0.25) is 5.02 Å². The zero-order chi connectivity index (χ0) is 19.2. The summed E-state index contributed by atoms with van der Waals surface area (Å²) in [5, 5.41) is 3.60. The molecule has 1 saturated heterocycles. The fourth-order valence-corrected chi connectivity index (χ4v) is 3.32. The molecule has 0 aliphatic carbocycles. The summed E-state index contributed by atoms with van der Waals surface area (Å²) in [5.41, 5.74) is 1.65. The lowest BCUT2D eigenvalue weighted by Crippen LogP contribution is -2.42. The summed E-state index contributed by atoms with van der Waals surface area (Å²) < 4.78 is 5.13. The average Bonchev–Trinajstić information content (AvgIpc) is 2.72. The van der Waals surface area contributed by atoms with Crippen LogP contribution in [-0.2, 0) is 11.3 Å². The molecule has 3 rings (SSSR count). The molecule has 0 bridgehead atoms. The van der Waals surface area contributed by atoms with Crippen LogP contribution in [0.3, 0.4) is 0 Å². The number of halogens is 1. The van der Waals surface area contributed by atoms with Gasteiger partial charge in [-0.05, 0) is 54.8 Å². The van der Waals surface area contributed by atoms with Crippen LogP contribution in [0.4, 0.5) is 0 Å². The number of nitrogens with one attached hydrogen (secondary N) is 1. The molecule has 6 heteroatoms. The topological polar surface area (TPSA) is 58.6 Å². The molecule has 0 spiro atoms. The quantitative estimate of drug-likeness (QED) is 0.855. The van der Waals surface area contributed by atoms with Gasteiger partial charge in [-0.1, -0.05) is 23.7 Å². The van der Waals surface area contributed by atoms with E-state index in [0.29, 0.717) is 43.1 Å². The molecule has 2 aromatic rings. The van der Waals surface area contributed by atoms with Crippen molar-refractivity contribution >= 4 is 23.4 Å². The maximum Gasteiger partial charge on any atom is 0.253 e. The first kappa shape index (κ1) is 19.2. The molecule has 2 amide bonds. The molecule has 1 fully saturated rings. The van der Waals surface area contributed by atoms with Gasteiger partial charge in [0.15, 0.2) is 0 Å². The highest BCUT2D eigenvalue weighted by Gasteiger charge is 2.27. The Labute approximate surface area is 164 Å². The highest BCUT2D eigenvalue weighted by Crippen LogP contribution is 2.20. The molecule has 27 heavy (non-hydrogen) atoms. The molecule has 142 valence electrons. The van der Waals surface area contributed by atoms with Crippen molar-refractivity contribution in [1.29, 1.82) is 0 Å². The van der Waals surface area contributed by atoms with Crippen LogP contribution in [0, 0.1) is 5.92 Å². The number of nitrogens with zero attached hydrogens (tertiary/aromatic N) is 1. The molecular formula is C21H23ClN2O3. The Morgan fingerprint density at radius 2 is 1.70 bits per heavy atom. The Hall–Kier alpha value is -2.53. The minimum atomic E-state index is -0.0579. The van der Waals surface area contributed by atoms with E-state index in [0.717, 1.165) is 11.3 Å². The van der Waals surface area contributed by atoms with Gasteiger partial charge in [0.1, 0.15) is 5.75 Å². The third-order valence-corrected chi connectivity index (χ3v) is 5.12. The fraction of sp³-hybridized carbons (Fsp3) is 0.333. The minimum Gasteiger partial charge on any atom is -0.497 e. The van der Waals surface area contributed by atoms with Crippen LogP contribution in [0.25, 0.3) is 0 Å². The number of benzene rings is 2. The van der Waals surface area contributed by atoms with E-state index in [1.807, 2.05) is 24.3 Å². The molecule has 1 N–H and O–H groups in total. The Balaban J connectivity index is 1.47.